The highest BCUT2D eigenvalue weighted by Crippen LogP contribution is 2.19. The second-order valence-electron chi connectivity index (χ2n) is 3.81. The van der Waals surface area contributed by atoms with Gasteiger partial charge in [0.1, 0.15) is 5.75 Å². The van der Waals surface area contributed by atoms with Gasteiger partial charge in [-0.15, -0.1) is 0 Å². The Morgan fingerprint density at radius 1 is 1.26 bits per heavy atom. The smallest absolute Gasteiger partial charge is 0.354 e. The molecule has 19 heavy (non-hydrogen) atoms. The number of anilines is 1. The van der Waals surface area contributed by atoms with Crippen molar-refractivity contribution in [2.45, 2.75) is 0 Å². The Labute approximate surface area is 108 Å². The second kappa shape index (κ2) is 4.81. The van der Waals surface area contributed by atoms with Crippen LogP contribution in [0.3, 0.4) is 0 Å². The summed E-state index contributed by atoms with van der Waals surface area (Å²) in [4.78, 5) is 30.4. The number of carbonyl (C=O) groups excluding carboxylic acids is 1. The van der Waals surface area contributed by atoms with Crippen molar-refractivity contribution in [2.24, 2.45) is 0 Å². The van der Waals surface area contributed by atoms with Gasteiger partial charge in [0.25, 0.3) is 5.91 Å². The number of nitrogens with zero attached hydrogens (tertiary/aromatic N) is 2. The van der Waals surface area contributed by atoms with Crippen molar-refractivity contribution >= 4 is 17.6 Å². The van der Waals surface area contributed by atoms with Gasteiger partial charge >= 0.3 is 5.97 Å². The van der Waals surface area contributed by atoms with E-state index >= 15 is 0 Å². The summed E-state index contributed by atoms with van der Waals surface area (Å²) in [6.07, 6.45) is 1.15. The first kappa shape index (κ1) is 12.6. The minimum Gasteiger partial charge on any atom is -0.508 e. The van der Waals surface area contributed by atoms with Gasteiger partial charge in [-0.3, -0.25) is 4.79 Å². The van der Waals surface area contributed by atoms with Gasteiger partial charge in [-0.1, -0.05) is 0 Å². The molecular formula is C12H11N3O4. The monoisotopic (exact) mass is 261 g/mol. The van der Waals surface area contributed by atoms with E-state index in [9.17, 15) is 14.7 Å². The number of carbonyl (C=O) groups is 2. The van der Waals surface area contributed by atoms with Crippen molar-refractivity contribution in [3.8, 4) is 5.75 Å². The number of benzene rings is 1. The van der Waals surface area contributed by atoms with Gasteiger partial charge in [0.2, 0.25) is 0 Å². The number of aromatic carboxylic acids is 1. The van der Waals surface area contributed by atoms with Crippen LogP contribution in [0.5, 0.6) is 5.75 Å². The van der Waals surface area contributed by atoms with Crippen LogP contribution in [0.2, 0.25) is 0 Å². The molecule has 0 radical (unpaired) electrons. The zero-order valence-electron chi connectivity index (χ0n) is 9.99. The lowest BCUT2D eigenvalue weighted by Gasteiger charge is -2.16. The number of aromatic amines is 1. The Hall–Kier alpha value is -2.83. The fraction of sp³-hybridized carbons (Fsp3) is 0.0833. The van der Waals surface area contributed by atoms with E-state index in [-0.39, 0.29) is 17.1 Å². The lowest BCUT2D eigenvalue weighted by molar-refractivity contribution is 0.0686. The molecule has 0 spiro atoms. The van der Waals surface area contributed by atoms with E-state index in [0.717, 1.165) is 6.33 Å². The number of aromatic nitrogens is 2. The quantitative estimate of drug-likeness (QED) is 0.766. The van der Waals surface area contributed by atoms with Gasteiger partial charge in [-0.2, -0.15) is 0 Å². The van der Waals surface area contributed by atoms with Crippen LogP contribution < -0.4 is 4.90 Å². The Kier molecular flexibility index (Phi) is 3.19. The van der Waals surface area contributed by atoms with Crippen molar-refractivity contribution in [1.82, 2.24) is 9.97 Å². The molecular weight excluding hydrogens is 250 g/mol. The van der Waals surface area contributed by atoms with E-state index in [2.05, 4.69) is 9.97 Å². The molecule has 1 amide bonds. The number of nitrogens with one attached hydrogen (secondary N) is 1. The average molecular weight is 261 g/mol. The van der Waals surface area contributed by atoms with Crippen LogP contribution in [-0.4, -0.2) is 39.1 Å². The van der Waals surface area contributed by atoms with Crippen LogP contribution in [-0.2, 0) is 0 Å². The van der Waals surface area contributed by atoms with Crippen molar-refractivity contribution < 1.29 is 19.8 Å². The van der Waals surface area contributed by atoms with E-state index in [0.29, 0.717) is 5.69 Å². The van der Waals surface area contributed by atoms with Gasteiger partial charge in [-0.05, 0) is 24.3 Å². The van der Waals surface area contributed by atoms with Gasteiger partial charge < -0.3 is 20.1 Å². The van der Waals surface area contributed by atoms with Crippen LogP contribution in [0.1, 0.15) is 21.0 Å². The van der Waals surface area contributed by atoms with Crippen LogP contribution in [0.4, 0.5) is 5.69 Å². The highest BCUT2D eigenvalue weighted by atomic mass is 16.4. The fourth-order valence-corrected chi connectivity index (χ4v) is 1.57. The molecule has 0 unspecified atom stereocenters. The van der Waals surface area contributed by atoms with E-state index in [1.807, 2.05) is 0 Å². The maximum absolute atomic E-state index is 12.1. The molecule has 0 aliphatic rings. The standard InChI is InChI=1S/C12H11N3O4/c1-15(7-2-4-8(16)5-3-7)11(17)9-10(12(18)19)14-6-13-9/h2-6,16H,1H3,(H,13,14)(H,18,19). The number of hydrogen-bond acceptors (Lipinski definition) is 4. The molecule has 0 bridgehead atoms. The maximum Gasteiger partial charge on any atom is 0.354 e. The molecule has 2 rings (SSSR count). The summed E-state index contributed by atoms with van der Waals surface area (Å²) in [6.45, 7) is 0. The number of carboxylic acid groups (broad SMARTS) is 1. The van der Waals surface area contributed by atoms with Crippen LogP contribution in [0.15, 0.2) is 30.6 Å². The minimum atomic E-state index is -1.25. The fourth-order valence-electron chi connectivity index (χ4n) is 1.57. The topological polar surface area (TPSA) is 107 Å². The van der Waals surface area contributed by atoms with E-state index < -0.39 is 11.9 Å². The third-order valence-electron chi connectivity index (χ3n) is 2.60. The van der Waals surface area contributed by atoms with E-state index in [1.165, 1.54) is 24.1 Å². The number of carboxylic acids is 1. The first-order chi connectivity index (χ1) is 9.00. The molecule has 0 aliphatic carbocycles. The molecule has 0 saturated heterocycles. The van der Waals surface area contributed by atoms with E-state index in [1.54, 1.807) is 12.1 Å². The molecule has 7 heteroatoms. The predicted molar refractivity (Wildman–Crippen MR) is 66.4 cm³/mol. The Balaban J connectivity index is 2.31. The molecule has 1 aromatic carbocycles. The van der Waals surface area contributed by atoms with Gasteiger partial charge in [-0.25, -0.2) is 9.78 Å². The second-order valence-corrected chi connectivity index (χ2v) is 3.81. The number of aromatic hydroxyl groups is 1. The van der Waals surface area contributed by atoms with Crippen molar-refractivity contribution in [2.75, 3.05) is 11.9 Å². The number of amides is 1. The average Bonchev–Trinajstić information content (AvgIpc) is 2.87. The third kappa shape index (κ3) is 2.39. The molecule has 0 saturated carbocycles. The SMILES string of the molecule is CN(C(=O)c1nc[nH]c1C(=O)O)c1ccc(O)cc1. The Morgan fingerprint density at radius 2 is 1.89 bits per heavy atom. The number of hydrogen-bond donors (Lipinski definition) is 3. The van der Waals surface area contributed by atoms with Crippen LogP contribution in [0, 0.1) is 0 Å². The normalized spacial score (nSPS) is 10.2. The summed E-state index contributed by atoms with van der Waals surface area (Å²) < 4.78 is 0. The first-order valence-electron chi connectivity index (χ1n) is 5.34. The minimum absolute atomic E-state index is 0.0793. The lowest BCUT2D eigenvalue weighted by Crippen LogP contribution is -2.28. The molecule has 0 aliphatic heterocycles. The summed E-state index contributed by atoms with van der Waals surface area (Å²) >= 11 is 0. The summed E-state index contributed by atoms with van der Waals surface area (Å²) in [6, 6.07) is 5.95. The number of imidazole rings is 1. The maximum atomic E-state index is 12.1. The highest BCUT2D eigenvalue weighted by Gasteiger charge is 2.23. The van der Waals surface area contributed by atoms with Crippen LogP contribution in [0.25, 0.3) is 0 Å². The number of phenols is 1. The van der Waals surface area contributed by atoms with Crippen molar-refractivity contribution in [3.05, 3.63) is 42.0 Å². The zero-order valence-corrected chi connectivity index (χ0v) is 9.99. The predicted octanol–water partition coefficient (Wildman–Crippen LogP) is 1.09. The van der Waals surface area contributed by atoms with E-state index in [4.69, 9.17) is 5.11 Å². The van der Waals surface area contributed by atoms with Gasteiger partial charge in [0, 0.05) is 12.7 Å². The Morgan fingerprint density at radius 3 is 2.47 bits per heavy atom. The molecule has 7 nitrogen and oxygen atoms in total. The van der Waals surface area contributed by atoms with Gasteiger partial charge in [0.05, 0.1) is 6.33 Å². The molecule has 1 aromatic heterocycles. The Bertz CT molecular complexity index is 618. The van der Waals surface area contributed by atoms with Crippen molar-refractivity contribution in [1.29, 1.82) is 0 Å². The molecule has 2 aromatic rings. The molecule has 0 atom stereocenters. The lowest BCUT2D eigenvalue weighted by atomic mass is 10.2. The third-order valence-corrected chi connectivity index (χ3v) is 2.60. The molecule has 3 N–H and O–H groups in total. The summed E-state index contributed by atoms with van der Waals surface area (Å²) in [5.74, 6) is -1.72. The highest BCUT2D eigenvalue weighted by molar-refractivity contribution is 6.09. The summed E-state index contributed by atoms with van der Waals surface area (Å²) in [5.41, 5.74) is 0.0980. The zero-order chi connectivity index (χ0) is 14.0. The van der Waals surface area contributed by atoms with Crippen molar-refractivity contribution in [3.63, 3.8) is 0 Å². The summed E-state index contributed by atoms with van der Waals surface area (Å²) in [7, 11) is 1.50. The van der Waals surface area contributed by atoms with Crippen LogP contribution >= 0.6 is 0 Å². The van der Waals surface area contributed by atoms with Gasteiger partial charge in [0.15, 0.2) is 11.4 Å². The first-order valence-corrected chi connectivity index (χ1v) is 5.34. The number of phenolic OH excluding ortho intramolecular Hbond substituents is 1. The molecule has 0 fully saturated rings. The summed E-state index contributed by atoms with van der Waals surface area (Å²) in [5, 5.41) is 18.1. The molecule has 1 heterocycles. The largest absolute Gasteiger partial charge is 0.508 e. The number of rotatable bonds is 3. The molecule has 98 valence electrons. The number of H-pyrrole nitrogens is 1.